The van der Waals surface area contributed by atoms with Crippen LogP contribution in [0.5, 0.6) is 0 Å². The van der Waals surface area contributed by atoms with Gasteiger partial charge in [0.15, 0.2) is 0 Å². The molecular weight excluding hydrogens is 150 g/mol. The number of aliphatic imine (C=N–C) groups is 1. The van der Waals surface area contributed by atoms with E-state index in [4.69, 9.17) is 5.11 Å². The van der Waals surface area contributed by atoms with Crippen LogP contribution in [-0.2, 0) is 0 Å². The highest BCUT2D eigenvalue weighted by Gasteiger charge is 2.23. The predicted molar refractivity (Wildman–Crippen MR) is 51.6 cm³/mol. The topological polar surface area (TPSA) is 32.6 Å². The molecule has 1 aliphatic rings. The summed E-state index contributed by atoms with van der Waals surface area (Å²) in [4.78, 5) is 4.46. The van der Waals surface area contributed by atoms with Gasteiger partial charge in [-0.25, -0.2) is 0 Å². The van der Waals surface area contributed by atoms with Gasteiger partial charge in [-0.15, -0.1) is 6.58 Å². The molecule has 1 N–H and O–H groups in total. The zero-order valence-electron chi connectivity index (χ0n) is 7.40. The highest BCUT2D eigenvalue weighted by Crippen LogP contribution is 2.24. The van der Waals surface area contributed by atoms with Crippen LogP contribution in [0.3, 0.4) is 0 Å². The van der Waals surface area contributed by atoms with Crippen LogP contribution in [0, 0.1) is 5.92 Å². The molecule has 1 aliphatic heterocycles. The molecule has 2 atom stereocenters. The lowest BCUT2D eigenvalue weighted by atomic mass is 9.98. The molecule has 0 amide bonds. The largest absolute Gasteiger partial charge is 0.516 e. The summed E-state index contributed by atoms with van der Waals surface area (Å²) in [5.74, 6) is 0.322. The van der Waals surface area contributed by atoms with Gasteiger partial charge in [0.25, 0.3) is 0 Å². The summed E-state index contributed by atoms with van der Waals surface area (Å²) in [6.07, 6.45) is 6.70. The standard InChI is InChI=1S/C10H15NO/c1-3-9-7-8(5-6-12)10(4-2)11-9/h4-6,8,10,12H,2-3,7H2,1H3/b6-5+. The molecule has 0 radical (unpaired) electrons. The molecule has 0 spiro atoms. The number of nitrogens with zero attached hydrogens (tertiary/aromatic N) is 1. The Labute approximate surface area is 73.3 Å². The maximum atomic E-state index is 8.63. The second-order valence-corrected chi connectivity index (χ2v) is 2.98. The van der Waals surface area contributed by atoms with Crippen molar-refractivity contribution >= 4 is 5.71 Å². The van der Waals surface area contributed by atoms with Crippen LogP contribution in [0.15, 0.2) is 30.0 Å². The van der Waals surface area contributed by atoms with Crippen molar-refractivity contribution in [3.63, 3.8) is 0 Å². The van der Waals surface area contributed by atoms with Crippen molar-refractivity contribution in [2.75, 3.05) is 0 Å². The van der Waals surface area contributed by atoms with Crippen LogP contribution in [0.2, 0.25) is 0 Å². The molecule has 0 aromatic rings. The summed E-state index contributed by atoms with van der Waals surface area (Å²) < 4.78 is 0. The molecule has 2 nitrogen and oxygen atoms in total. The number of aliphatic hydroxyl groups is 1. The Bertz CT molecular complexity index is 218. The molecular formula is C10H15NO. The molecule has 0 bridgehead atoms. The molecule has 2 unspecified atom stereocenters. The van der Waals surface area contributed by atoms with Crippen LogP contribution in [0.1, 0.15) is 19.8 Å². The van der Waals surface area contributed by atoms with Gasteiger partial charge in [0.05, 0.1) is 12.3 Å². The van der Waals surface area contributed by atoms with Crippen molar-refractivity contribution < 1.29 is 5.11 Å². The van der Waals surface area contributed by atoms with Gasteiger partial charge in [0.2, 0.25) is 0 Å². The molecule has 12 heavy (non-hydrogen) atoms. The van der Waals surface area contributed by atoms with Crippen molar-refractivity contribution in [2.45, 2.75) is 25.8 Å². The Kier molecular flexibility index (Phi) is 3.09. The number of hydrogen-bond acceptors (Lipinski definition) is 2. The first-order valence-corrected chi connectivity index (χ1v) is 4.30. The maximum absolute atomic E-state index is 8.63. The second kappa shape index (κ2) is 4.10. The number of hydrogen-bond donors (Lipinski definition) is 1. The fourth-order valence-corrected chi connectivity index (χ4v) is 1.51. The molecule has 0 fully saturated rings. The van der Waals surface area contributed by atoms with Crippen LogP contribution >= 0.6 is 0 Å². The minimum absolute atomic E-state index is 0.170. The lowest BCUT2D eigenvalue weighted by molar-refractivity contribution is 0.462. The smallest absolute Gasteiger partial charge is 0.0755 e. The molecule has 0 aromatic heterocycles. The zero-order chi connectivity index (χ0) is 8.97. The molecule has 0 saturated heterocycles. The monoisotopic (exact) mass is 165 g/mol. The van der Waals surface area contributed by atoms with Gasteiger partial charge < -0.3 is 5.11 Å². The molecule has 0 aliphatic carbocycles. The van der Waals surface area contributed by atoms with Crippen LogP contribution in [0.4, 0.5) is 0 Å². The molecule has 1 heterocycles. The van der Waals surface area contributed by atoms with E-state index in [1.807, 2.05) is 6.08 Å². The first-order valence-electron chi connectivity index (χ1n) is 4.30. The van der Waals surface area contributed by atoms with E-state index in [2.05, 4.69) is 18.5 Å². The van der Waals surface area contributed by atoms with Crippen molar-refractivity contribution in [3.05, 3.63) is 25.0 Å². The SMILES string of the molecule is C=CC1N=C(CC)CC1/C=C/O. The Morgan fingerprint density at radius 1 is 1.75 bits per heavy atom. The number of aliphatic hydroxyl groups excluding tert-OH is 1. The average molecular weight is 165 g/mol. The molecule has 1 rings (SSSR count). The van der Waals surface area contributed by atoms with Crippen molar-refractivity contribution in [1.29, 1.82) is 0 Å². The minimum Gasteiger partial charge on any atom is -0.516 e. The van der Waals surface area contributed by atoms with Crippen molar-refractivity contribution in [1.82, 2.24) is 0 Å². The molecule has 0 aromatic carbocycles. The Morgan fingerprint density at radius 2 is 2.50 bits per heavy atom. The van der Waals surface area contributed by atoms with Gasteiger partial charge in [-0.3, -0.25) is 4.99 Å². The normalized spacial score (nSPS) is 29.2. The van der Waals surface area contributed by atoms with Gasteiger partial charge in [0.1, 0.15) is 0 Å². The summed E-state index contributed by atoms with van der Waals surface area (Å²) >= 11 is 0. The van der Waals surface area contributed by atoms with E-state index in [0.29, 0.717) is 5.92 Å². The third-order valence-electron chi connectivity index (χ3n) is 2.22. The van der Waals surface area contributed by atoms with Crippen LogP contribution < -0.4 is 0 Å². The van der Waals surface area contributed by atoms with Crippen molar-refractivity contribution in [3.8, 4) is 0 Å². The lowest BCUT2D eigenvalue weighted by Crippen LogP contribution is -2.07. The van der Waals surface area contributed by atoms with E-state index < -0.39 is 0 Å². The van der Waals surface area contributed by atoms with Gasteiger partial charge in [-0.2, -0.15) is 0 Å². The fraction of sp³-hybridized carbons (Fsp3) is 0.500. The Hall–Kier alpha value is -1.05. The summed E-state index contributed by atoms with van der Waals surface area (Å²) in [7, 11) is 0. The molecule has 0 saturated carbocycles. The first kappa shape index (κ1) is 9.04. The van der Waals surface area contributed by atoms with Crippen LogP contribution in [0.25, 0.3) is 0 Å². The average Bonchev–Trinajstić information content (AvgIpc) is 2.48. The van der Waals surface area contributed by atoms with E-state index in [-0.39, 0.29) is 6.04 Å². The fourth-order valence-electron chi connectivity index (χ4n) is 1.51. The molecule has 2 heteroatoms. The third kappa shape index (κ3) is 1.76. The van der Waals surface area contributed by atoms with E-state index in [9.17, 15) is 0 Å². The summed E-state index contributed by atoms with van der Waals surface area (Å²) in [6.45, 7) is 5.82. The summed E-state index contributed by atoms with van der Waals surface area (Å²) in [5, 5.41) is 8.63. The van der Waals surface area contributed by atoms with Gasteiger partial charge in [-0.05, 0) is 18.9 Å². The second-order valence-electron chi connectivity index (χ2n) is 2.98. The Balaban J connectivity index is 2.66. The predicted octanol–water partition coefficient (Wildman–Crippen LogP) is 2.48. The van der Waals surface area contributed by atoms with E-state index in [1.165, 1.54) is 5.71 Å². The quantitative estimate of drug-likeness (QED) is 0.505. The van der Waals surface area contributed by atoms with Gasteiger partial charge in [-0.1, -0.05) is 13.0 Å². The Morgan fingerprint density at radius 3 is 3.00 bits per heavy atom. The zero-order valence-corrected chi connectivity index (χ0v) is 7.40. The summed E-state index contributed by atoms with van der Waals surface area (Å²) in [6, 6.07) is 0.170. The van der Waals surface area contributed by atoms with E-state index in [1.54, 1.807) is 6.08 Å². The van der Waals surface area contributed by atoms with E-state index >= 15 is 0 Å². The van der Waals surface area contributed by atoms with Crippen LogP contribution in [-0.4, -0.2) is 16.9 Å². The number of rotatable bonds is 3. The highest BCUT2D eigenvalue weighted by molar-refractivity contribution is 5.86. The van der Waals surface area contributed by atoms with Crippen molar-refractivity contribution in [2.24, 2.45) is 10.9 Å². The first-order chi connectivity index (χ1) is 5.81. The minimum atomic E-state index is 0.170. The lowest BCUT2D eigenvalue weighted by Gasteiger charge is -2.07. The maximum Gasteiger partial charge on any atom is 0.0755 e. The third-order valence-corrected chi connectivity index (χ3v) is 2.22. The highest BCUT2D eigenvalue weighted by atomic mass is 16.2. The van der Waals surface area contributed by atoms with Gasteiger partial charge >= 0.3 is 0 Å². The summed E-state index contributed by atoms with van der Waals surface area (Å²) in [5.41, 5.74) is 1.23. The van der Waals surface area contributed by atoms with E-state index in [0.717, 1.165) is 19.1 Å². The molecule has 66 valence electrons. The van der Waals surface area contributed by atoms with Gasteiger partial charge in [0, 0.05) is 11.6 Å².